The highest BCUT2D eigenvalue weighted by atomic mass is 16.2. The summed E-state index contributed by atoms with van der Waals surface area (Å²) in [5, 5.41) is 5.52. The molecule has 22 heavy (non-hydrogen) atoms. The van der Waals surface area contributed by atoms with E-state index in [-0.39, 0.29) is 11.9 Å². The first-order valence-corrected chi connectivity index (χ1v) is 7.86. The summed E-state index contributed by atoms with van der Waals surface area (Å²) in [6, 6.07) is 5.19. The SMILES string of the molecule is CNC(=O)c1ccc(NC(=O)N(C)CC2CCCC2)c(C)c1. The van der Waals surface area contributed by atoms with Gasteiger partial charge in [-0.2, -0.15) is 0 Å². The predicted molar refractivity (Wildman–Crippen MR) is 88.2 cm³/mol. The number of hydrogen-bond donors (Lipinski definition) is 2. The van der Waals surface area contributed by atoms with E-state index in [0.717, 1.165) is 17.8 Å². The summed E-state index contributed by atoms with van der Waals surface area (Å²) < 4.78 is 0. The number of nitrogens with zero attached hydrogens (tertiary/aromatic N) is 1. The van der Waals surface area contributed by atoms with Gasteiger partial charge in [0, 0.05) is 31.9 Å². The Morgan fingerprint density at radius 3 is 2.55 bits per heavy atom. The average molecular weight is 303 g/mol. The van der Waals surface area contributed by atoms with Gasteiger partial charge in [-0.05, 0) is 49.4 Å². The van der Waals surface area contributed by atoms with Gasteiger partial charge in [-0.25, -0.2) is 4.79 Å². The monoisotopic (exact) mass is 303 g/mol. The minimum atomic E-state index is -0.126. The third kappa shape index (κ3) is 4.00. The smallest absolute Gasteiger partial charge is 0.321 e. The molecule has 0 heterocycles. The minimum Gasteiger partial charge on any atom is -0.355 e. The van der Waals surface area contributed by atoms with Gasteiger partial charge in [0.25, 0.3) is 5.91 Å². The lowest BCUT2D eigenvalue weighted by Crippen LogP contribution is -2.35. The van der Waals surface area contributed by atoms with Gasteiger partial charge in [-0.1, -0.05) is 12.8 Å². The molecule has 1 aliphatic rings. The quantitative estimate of drug-likeness (QED) is 0.898. The molecule has 2 rings (SSSR count). The molecule has 0 unspecified atom stereocenters. The fraction of sp³-hybridized carbons (Fsp3) is 0.529. The van der Waals surface area contributed by atoms with E-state index < -0.39 is 0 Å². The Labute approximate surface area is 132 Å². The van der Waals surface area contributed by atoms with Crippen molar-refractivity contribution in [3.8, 4) is 0 Å². The topological polar surface area (TPSA) is 61.4 Å². The molecule has 0 atom stereocenters. The third-order valence-corrected chi connectivity index (χ3v) is 4.31. The van der Waals surface area contributed by atoms with Crippen LogP contribution in [0.3, 0.4) is 0 Å². The van der Waals surface area contributed by atoms with Crippen molar-refractivity contribution in [3.63, 3.8) is 0 Å². The maximum atomic E-state index is 12.3. The van der Waals surface area contributed by atoms with Gasteiger partial charge < -0.3 is 15.5 Å². The fourth-order valence-electron chi connectivity index (χ4n) is 2.96. The molecule has 1 aromatic rings. The number of carbonyl (C=O) groups excluding carboxylic acids is 2. The van der Waals surface area contributed by atoms with E-state index in [1.165, 1.54) is 25.7 Å². The lowest BCUT2D eigenvalue weighted by Gasteiger charge is -2.22. The van der Waals surface area contributed by atoms with Gasteiger partial charge in [0.15, 0.2) is 0 Å². The first kappa shape index (κ1) is 16.3. The van der Waals surface area contributed by atoms with Crippen LogP contribution in [-0.4, -0.2) is 37.5 Å². The zero-order valence-electron chi connectivity index (χ0n) is 13.6. The Bertz CT molecular complexity index is 551. The van der Waals surface area contributed by atoms with E-state index >= 15 is 0 Å². The molecule has 1 fully saturated rings. The number of amides is 3. The summed E-state index contributed by atoms with van der Waals surface area (Å²) in [4.78, 5) is 25.6. The Hall–Kier alpha value is -2.04. The maximum Gasteiger partial charge on any atom is 0.321 e. The summed E-state index contributed by atoms with van der Waals surface area (Å²) in [6.45, 7) is 2.69. The van der Waals surface area contributed by atoms with Gasteiger partial charge in [0.1, 0.15) is 0 Å². The van der Waals surface area contributed by atoms with Crippen LogP contribution < -0.4 is 10.6 Å². The van der Waals surface area contributed by atoms with E-state index in [9.17, 15) is 9.59 Å². The number of hydrogen-bond acceptors (Lipinski definition) is 2. The Morgan fingerprint density at radius 1 is 1.27 bits per heavy atom. The molecule has 5 heteroatoms. The Balaban J connectivity index is 1.97. The summed E-state index contributed by atoms with van der Waals surface area (Å²) in [7, 11) is 3.44. The van der Waals surface area contributed by atoms with Crippen LogP contribution in [0.25, 0.3) is 0 Å². The van der Waals surface area contributed by atoms with Crippen LogP contribution >= 0.6 is 0 Å². The zero-order valence-corrected chi connectivity index (χ0v) is 13.6. The van der Waals surface area contributed by atoms with Crippen LogP contribution in [0.2, 0.25) is 0 Å². The molecule has 1 aromatic carbocycles. The van der Waals surface area contributed by atoms with E-state index in [0.29, 0.717) is 11.5 Å². The number of benzene rings is 1. The molecule has 1 aliphatic carbocycles. The largest absolute Gasteiger partial charge is 0.355 e. The van der Waals surface area contributed by atoms with E-state index in [1.807, 2.05) is 14.0 Å². The summed E-state index contributed by atoms with van der Waals surface area (Å²) in [5.74, 6) is 0.506. The average Bonchev–Trinajstić information content (AvgIpc) is 3.01. The number of rotatable bonds is 4. The van der Waals surface area contributed by atoms with Crippen molar-refractivity contribution >= 4 is 17.6 Å². The molecule has 3 amide bonds. The van der Waals surface area contributed by atoms with Crippen molar-refractivity contribution in [1.29, 1.82) is 0 Å². The number of aryl methyl sites for hydroxylation is 1. The summed E-state index contributed by atoms with van der Waals surface area (Å²) in [6.07, 6.45) is 5.00. The number of urea groups is 1. The maximum absolute atomic E-state index is 12.3. The van der Waals surface area contributed by atoms with Crippen molar-refractivity contribution in [2.24, 2.45) is 5.92 Å². The fourth-order valence-corrected chi connectivity index (χ4v) is 2.96. The normalized spacial score (nSPS) is 14.7. The predicted octanol–water partition coefficient (Wildman–Crippen LogP) is 3.01. The molecular weight excluding hydrogens is 278 g/mol. The van der Waals surface area contributed by atoms with Crippen LogP contribution in [0.4, 0.5) is 10.5 Å². The molecule has 120 valence electrons. The first-order valence-electron chi connectivity index (χ1n) is 7.86. The van der Waals surface area contributed by atoms with Crippen molar-refractivity contribution < 1.29 is 9.59 Å². The highest BCUT2D eigenvalue weighted by Gasteiger charge is 2.19. The van der Waals surface area contributed by atoms with Crippen LogP contribution in [0.5, 0.6) is 0 Å². The van der Waals surface area contributed by atoms with Crippen molar-refractivity contribution in [1.82, 2.24) is 10.2 Å². The van der Waals surface area contributed by atoms with E-state index in [4.69, 9.17) is 0 Å². The molecule has 0 radical (unpaired) electrons. The van der Waals surface area contributed by atoms with Gasteiger partial charge in [-0.3, -0.25) is 4.79 Å². The standard InChI is InChI=1S/C17H25N3O2/c1-12-10-14(16(21)18-2)8-9-15(12)19-17(22)20(3)11-13-6-4-5-7-13/h8-10,13H,4-7,11H2,1-3H3,(H,18,21)(H,19,22). The minimum absolute atomic E-state index is 0.0947. The second-order valence-corrected chi connectivity index (χ2v) is 6.07. The molecule has 0 bridgehead atoms. The lowest BCUT2D eigenvalue weighted by atomic mass is 10.1. The summed E-state index contributed by atoms with van der Waals surface area (Å²) in [5.41, 5.74) is 2.22. The number of anilines is 1. The van der Waals surface area contributed by atoms with Gasteiger partial charge >= 0.3 is 6.03 Å². The Kier molecular flexibility index (Phi) is 5.41. The van der Waals surface area contributed by atoms with Crippen molar-refractivity contribution in [3.05, 3.63) is 29.3 Å². The Morgan fingerprint density at radius 2 is 1.95 bits per heavy atom. The third-order valence-electron chi connectivity index (χ3n) is 4.31. The summed E-state index contributed by atoms with van der Waals surface area (Å²) >= 11 is 0. The molecule has 0 saturated heterocycles. The number of carbonyl (C=O) groups is 2. The highest BCUT2D eigenvalue weighted by molar-refractivity contribution is 5.96. The molecular formula is C17H25N3O2. The molecule has 5 nitrogen and oxygen atoms in total. The molecule has 1 saturated carbocycles. The van der Waals surface area contributed by atoms with Crippen molar-refractivity contribution in [2.45, 2.75) is 32.6 Å². The van der Waals surface area contributed by atoms with Crippen molar-refractivity contribution in [2.75, 3.05) is 26.0 Å². The molecule has 0 aliphatic heterocycles. The highest BCUT2D eigenvalue weighted by Crippen LogP contribution is 2.25. The lowest BCUT2D eigenvalue weighted by molar-refractivity contribution is 0.0963. The zero-order chi connectivity index (χ0) is 16.1. The second-order valence-electron chi connectivity index (χ2n) is 6.07. The van der Waals surface area contributed by atoms with E-state index in [1.54, 1.807) is 30.1 Å². The van der Waals surface area contributed by atoms with Gasteiger partial charge in [-0.15, -0.1) is 0 Å². The first-order chi connectivity index (χ1) is 10.5. The van der Waals surface area contributed by atoms with Gasteiger partial charge in [0.05, 0.1) is 0 Å². The van der Waals surface area contributed by atoms with Crippen LogP contribution in [0, 0.1) is 12.8 Å². The molecule has 2 N–H and O–H groups in total. The van der Waals surface area contributed by atoms with Crippen LogP contribution in [-0.2, 0) is 0 Å². The second kappa shape index (κ2) is 7.29. The van der Waals surface area contributed by atoms with Crippen LogP contribution in [0.15, 0.2) is 18.2 Å². The van der Waals surface area contributed by atoms with Crippen LogP contribution in [0.1, 0.15) is 41.6 Å². The molecule has 0 aromatic heterocycles. The van der Waals surface area contributed by atoms with E-state index in [2.05, 4.69) is 10.6 Å². The molecule has 0 spiro atoms. The van der Waals surface area contributed by atoms with Gasteiger partial charge in [0.2, 0.25) is 0 Å². The number of nitrogens with one attached hydrogen (secondary N) is 2.